The Labute approximate surface area is 181 Å². The highest BCUT2D eigenvalue weighted by atomic mass is 35.5. The van der Waals surface area contributed by atoms with Crippen molar-refractivity contribution in [1.29, 1.82) is 0 Å². The maximum atomic E-state index is 5.92. The van der Waals surface area contributed by atoms with E-state index < -0.39 is 0 Å². The van der Waals surface area contributed by atoms with E-state index in [4.69, 9.17) is 20.9 Å². The van der Waals surface area contributed by atoms with Gasteiger partial charge < -0.3 is 19.9 Å². The first-order valence-corrected chi connectivity index (χ1v) is 10.2. The van der Waals surface area contributed by atoms with Gasteiger partial charge in [0.25, 0.3) is 0 Å². The minimum Gasteiger partial charge on any atom is -0.494 e. The molecule has 0 unspecified atom stereocenters. The summed E-state index contributed by atoms with van der Waals surface area (Å²) in [6.07, 6.45) is 0.579. The predicted octanol–water partition coefficient (Wildman–Crippen LogP) is 4.00. The molecule has 0 aliphatic heterocycles. The Hall–Kier alpha value is -3.06. The molecule has 1 aromatic heterocycles. The summed E-state index contributed by atoms with van der Waals surface area (Å²) >= 11 is 5.92. The maximum absolute atomic E-state index is 5.92. The Morgan fingerprint density at radius 1 is 1.17 bits per heavy atom. The van der Waals surface area contributed by atoms with Gasteiger partial charge in [-0.1, -0.05) is 28.9 Å². The maximum Gasteiger partial charge on any atom is 0.228 e. The van der Waals surface area contributed by atoms with E-state index >= 15 is 0 Å². The molecular formula is C22H26ClN5O2. The van der Waals surface area contributed by atoms with E-state index in [-0.39, 0.29) is 0 Å². The van der Waals surface area contributed by atoms with Crippen LogP contribution >= 0.6 is 11.6 Å². The lowest BCUT2D eigenvalue weighted by molar-refractivity contribution is 0.336. The van der Waals surface area contributed by atoms with Gasteiger partial charge in [-0.3, -0.25) is 4.99 Å². The molecule has 0 atom stereocenters. The van der Waals surface area contributed by atoms with E-state index in [1.54, 1.807) is 19.2 Å². The first-order valence-electron chi connectivity index (χ1n) is 9.84. The smallest absolute Gasteiger partial charge is 0.228 e. The van der Waals surface area contributed by atoms with Crippen molar-refractivity contribution in [3.63, 3.8) is 0 Å². The number of hydrogen-bond acceptors (Lipinski definition) is 5. The summed E-state index contributed by atoms with van der Waals surface area (Å²) in [5.74, 6) is 2.68. The number of aliphatic imine (C=N–C) groups is 1. The number of guanidine groups is 1. The highest BCUT2D eigenvalue weighted by Gasteiger charge is 2.09. The molecule has 0 amide bonds. The van der Waals surface area contributed by atoms with E-state index in [0.717, 1.165) is 16.9 Å². The highest BCUT2D eigenvalue weighted by molar-refractivity contribution is 6.30. The summed E-state index contributed by atoms with van der Waals surface area (Å²) in [6, 6.07) is 13.5. The first-order chi connectivity index (χ1) is 14.6. The second-order valence-corrected chi connectivity index (χ2v) is 7.10. The van der Waals surface area contributed by atoms with Crippen molar-refractivity contribution in [2.45, 2.75) is 26.8 Å². The number of hydrogen-bond donors (Lipinski definition) is 2. The number of halogens is 1. The lowest BCUT2D eigenvalue weighted by Gasteiger charge is -2.14. The molecule has 30 heavy (non-hydrogen) atoms. The fraction of sp³-hybridized carbons (Fsp3) is 0.318. The van der Waals surface area contributed by atoms with E-state index in [1.165, 1.54) is 5.56 Å². The van der Waals surface area contributed by atoms with Gasteiger partial charge in [0.15, 0.2) is 5.96 Å². The van der Waals surface area contributed by atoms with Crippen LogP contribution in [0.1, 0.15) is 23.9 Å². The topological polar surface area (TPSA) is 84.6 Å². The van der Waals surface area contributed by atoms with Crippen LogP contribution in [0.15, 0.2) is 52.0 Å². The van der Waals surface area contributed by atoms with Crippen LogP contribution in [0.5, 0.6) is 5.75 Å². The molecule has 0 aliphatic rings. The van der Waals surface area contributed by atoms with Gasteiger partial charge in [0.2, 0.25) is 11.7 Å². The van der Waals surface area contributed by atoms with Crippen LogP contribution in [0.4, 0.5) is 0 Å². The van der Waals surface area contributed by atoms with Gasteiger partial charge in [-0.05, 0) is 49.7 Å². The minimum absolute atomic E-state index is 0.548. The van der Waals surface area contributed by atoms with Crippen LogP contribution in [0.2, 0.25) is 5.02 Å². The fourth-order valence-corrected chi connectivity index (χ4v) is 2.98. The molecule has 0 bridgehead atoms. The average Bonchev–Trinajstić information content (AvgIpc) is 3.21. The highest BCUT2D eigenvalue weighted by Crippen LogP contribution is 2.20. The zero-order valence-corrected chi connectivity index (χ0v) is 18.2. The van der Waals surface area contributed by atoms with Crippen molar-refractivity contribution in [2.24, 2.45) is 4.99 Å². The Kier molecular flexibility index (Phi) is 7.68. The zero-order chi connectivity index (χ0) is 21.3. The quantitative estimate of drug-likeness (QED) is 0.417. The van der Waals surface area contributed by atoms with Crippen molar-refractivity contribution in [3.8, 4) is 17.1 Å². The molecule has 0 radical (unpaired) electrons. The van der Waals surface area contributed by atoms with Gasteiger partial charge in [0, 0.05) is 42.7 Å². The second kappa shape index (κ2) is 10.6. The van der Waals surface area contributed by atoms with Crippen LogP contribution in [0.25, 0.3) is 11.4 Å². The molecule has 3 rings (SSSR count). The van der Waals surface area contributed by atoms with Crippen LogP contribution in [-0.4, -0.2) is 36.3 Å². The second-order valence-electron chi connectivity index (χ2n) is 6.67. The summed E-state index contributed by atoms with van der Waals surface area (Å²) in [5.41, 5.74) is 3.11. The van der Waals surface area contributed by atoms with Gasteiger partial charge >= 0.3 is 0 Å². The van der Waals surface area contributed by atoms with Crippen LogP contribution < -0.4 is 15.4 Å². The van der Waals surface area contributed by atoms with Gasteiger partial charge in [-0.2, -0.15) is 4.98 Å². The summed E-state index contributed by atoms with van der Waals surface area (Å²) in [7, 11) is 1.74. The van der Waals surface area contributed by atoms with Gasteiger partial charge in [0.05, 0.1) is 6.61 Å². The Morgan fingerprint density at radius 3 is 2.70 bits per heavy atom. The van der Waals surface area contributed by atoms with Gasteiger partial charge in [0.1, 0.15) is 5.75 Å². The molecule has 2 N–H and O–H groups in total. The molecule has 0 saturated heterocycles. The summed E-state index contributed by atoms with van der Waals surface area (Å²) < 4.78 is 11.1. The first kappa shape index (κ1) is 21.6. The summed E-state index contributed by atoms with van der Waals surface area (Å²) in [4.78, 5) is 8.69. The largest absolute Gasteiger partial charge is 0.494 e. The molecule has 0 saturated carbocycles. The van der Waals surface area contributed by atoms with Crippen LogP contribution in [0.3, 0.4) is 0 Å². The fourth-order valence-electron chi connectivity index (χ4n) is 2.86. The Balaban J connectivity index is 1.50. The molecule has 158 valence electrons. The van der Waals surface area contributed by atoms with Crippen LogP contribution in [-0.2, 0) is 13.0 Å². The molecule has 1 heterocycles. The van der Waals surface area contributed by atoms with Crippen molar-refractivity contribution >= 4 is 17.6 Å². The molecule has 3 aromatic rings. The normalized spacial score (nSPS) is 11.4. The molecular weight excluding hydrogens is 402 g/mol. The third-order valence-electron chi connectivity index (χ3n) is 4.39. The molecule has 0 spiro atoms. The van der Waals surface area contributed by atoms with Crippen molar-refractivity contribution in [1.82, 2.24) is 20.8 Å². The number of nitrogens with one attached hydrogen (secondary N) is 2. The SMILES string of the molecule is CCOc1cc(C)ccc1CNC(=NC)NCCc1nc(-c2ccc(Cl)cc2)no1. The molecule has 7 nitrogen and oxygen atoms in total. The van der Waals surface area contributed by atoms with Crippen molar-refractivity contribution in [2.75, 3.05) is 20.2 Å². The number of rotatable bonds is 8. The number of aromatic nitrogens is 2. The van der Waals surface area contributed by atoms with Crippen molar-refractivity contribution < 1.29 is 9.26 Å². The Bertz CT molecular complexity index is 985. The third kappa shape index (κ3) is 5.97. The molecule has 8 heteroatoms. The number of aryl methyl sites for hydroxylation is 1. The summed E-state index contributed by atoms with van der Waals surface area (Å²) in [5, 5.41) is 11.3. The average molecular weight is 428 g/mol. The van der Waals surface area contributed by atoms with Gasteiger partial charge in [-0.15, -0.1) is 0 Å². The number of ether oxygens (including phenoxy) is 1. The summed E-state index contributed by atoms with van der Waals surface area (Å²) in [6.45, 7) is 5.88. The minimum atomic E-state index is 0.548. The lowest BCUT2D eigenvalue weighted by atomic mass is 10.1. The van der Waals surface area contributed by atoms with E-state index in [9.17, 15) is 0 Å². The predicted molar refractivity (Wildman–Crippen MR) is 119 cm³/mol. The Morgan fingerprint density at radius 2 is 1.97 bits per heavy atom. The number of benzene rings is 2. The van der Waals surface area contributed by atoms with E-state index in [0.29, 0.717) is 48.8 Å². The van der Waals surface area contributed by atoms with Crippen LogP contribution in [0, 0.1) is 6.92 Å². The molecule has 2 aromatic carbocycles. The lowest BCUT2D eigenvalue weighted by Crippen LogP contribution is -2.38. The van der Waals surface area contributed by atoms with Crippen molar-refractivity contribution in [3.05, 3.63) is 64.5 Å². The number of nitrogens with zero attached hydrogens (tertiary/aromatic N) is 3. The zero-order valence-electron chi connectivity index (χ0n) is 17.4. The molecule has 0 aliphatic carbocycles. The standard InChI is InChI=1S/C22H26ClN5O2/c1-4-29-19-13-15(2)5-6-17(19)14-26-22(24-3)25-12-11-20-27-21(28-30-20)16-7-9-18(23)10-8-16/h5-10,13H,4,11-12,14H2,1-3H3,(H2,24,25,26). The van der Waals surface area contributed by atoms with Gasteiger partial charge in [-0.25, -0.2) is 0 Å². The molecule has 0 fully saturated rings. The van der Waals surface area contributed by atoms with E-state index in [2.05, 4.69) is 44.8 Å². The monoisotopic (exact) mass is 427 g/mol. The third-order valence-corrected chi connectivity index (χ3v) is 4.65. The van der Waals surface area contributed by atoms with E-state index in [1.807, 2.05) is 25.1 Å².